The minimum absolute atomic E-state index is 0. The molecule has 0 aromatic heterocycles. The molecule has 1 fully saturated rings. The Kier molecular flexibility index (Phi) is 6.54. The first-order valence-corrected chi connectivity index (χ1v) is 6.55. The second kappa shape index (κ2) is 7.68. The van der Waals surface area contributed by atoms with E-state index >= 15 is 0 Å². The van der Waals surface area contributed by atoms with Crippen molar-refractivity contribution in [1.82, 2.24) is 0 Å². The van der Waals surface area contributed by atoms with E-state index < -0.39 is 5.60 Å². The second-order valence-electron chi connectivity index (χ2n) is 4.99. The molecule has 0 saturated heterocycles. The molecule has 0 aliphatic heterocycles. The molecule has 1 saturated carbocycles. The quantitative estimate of drug-likeness (QED) is 0.418. The Morgan fingerprint density at radius 2 is 2.15 bits per heavy atom. The van der Waals surface area contributed by atoms with E-state index in [2.05, 4.69) is 10.3 Å². The lowest BCUT2D eigenvalue weighted by Gasteiger charge is -2.19. The van der Waals surface area contributed by atoms with Crippen molar-refractivity contribution in [3.63, 3.8) is 0 Å². The van der Waals surface area contributed by atoms with Crippen molar-refractivity contribution in [1.29, 1.82) is 0 Å². The normalized spacial score (nSPS) is 17.4. The second-order valence-corrected chi connectivity index (χ2v) is 4.99. The van der Waals surface area contributed by atoms with Gasteiger partial charge in [0.15, 0.2) is 5.96 Å². The summed E-state index contributed by atoms with van der Waals surface area (Å²) in [7, 11) is 1.62. The Morgan fingerprint density at radius 3 is 2.80 bits per heavy atom. The Labute approximate surface area is 136 Å². The van der Waals surface area contributed by atoms with E-state index in [1.165, 1.54) is 0 Å². The number of hydrogen-bond acceptors (Lipinski definition) is 3. The van der Waals surface area contributed by atoms with Crippen LogP contribution in [-0.2, 0) is 0 Å². The molecule has 0 unspecified atom stereocenters. The molecule has 0 radical (unpaired) electrons. The van der Waals surface area contributed by atoms with Crippen LogP contribution < -0.4 is 15.8 Å². The van der Waals surface area contributed by atoms with Crippen LogP contribution in [-0.4, -0.2) is 30.3 Å². The average Bonchev–Trinajstić information content (AvgIpc) is 2.84. The summed E-state index contributed by atoms with van der Waals surface area (Å²) in [6.45, 7) is 0.357. The molecule has 0 heterocycles. The average molecular weight is 391 g/mol. The Bertz CT molecular complexity index is 459. The number of benzene rings is 1. The third kappa shape index (κ3) is 4.82. The highest BCUT2D eigenvalue weighted by molar-refractivity contribution is 14.0. The zero-order valence-corrected chi connectivity index (χ0v) is 14.0. The molecule has 1 aromatic carbocycles. The van der Waals surface area contributed by atoms with Gasteiger partial charge in [-0.2, -0.15) is 0 Å². The van der Waals surface area contributed by atoms with Crippen LogP contribution in [0.5, 0.6) is 5.75 Å². The molecule has 0 amide bonds. The number of hydrogen-bond donors (Lipinski definition) is 3. The number of aliphatic imine (C=N–C) groups is 1. The lowest BCUT2D eigenvalue weighted by molar-refractivity contribution is 0.0575. The number of nitrogens with one attached hydrogen (secondary N) is 1. The Hall–Kier alpha value is -1.02. The molecule has 0 spiro atoms. The summed E-state index contributed by atoms with van der Waals surface area (Å²) in [4.78, 5) is 4.22. The predicted molar refractivity (Wildman–Crippen MR) is 91.9 cm³/mol. The molecule has 4 N–H and O–H groups in total. The molecule has 0 bridgehead atoms. The number of methoxy groups -OCH3 is 1. The van der Waals surface area contributed by atoms with Gasteiger partial charge in [0.25, 0.3) is 0 Å². The predicted octanol–water partition coefficient (Wildman–Crippen LogP) is 2.34. The van der Waals surface area contributed by atoms with Crippen LogP contribution in [0.3, 0.4) is 0 Å². The number of ether oxygens (including phenoxy) is 1. The first kappa shape index (κ1) is 17.0. The molecule has 6 heteroatoms. The summed E-state index contributed by atoms with van der Waals surface area (Å²) >= 11 is 0. The molecule has 1 aliphatic carbocycles. The van der Waals surface area contributed by atoms with E-state index in [1.54, 1.807) is 7.11 Å². The van der Waals surface area contributed by atoms with Gasteiger partial charge >= 0.3 is 0 Å². The van der Waals surface area contributed by atoms with Gasteiger partial charge in [-0.1, -0.05) is 18.9 Å². The maximum Gasteiger partial charge on any atom is 0.193 e. The molecule has 112 valence electrons. The van der Waals surface area contributed by atoms with E-state index in [0.717, 1.165) is 37.1 Å². The Morgan fingerprint density at radius 1 is 1.45 bits per heavy atom. The molecule has 20 heavy (non-hydrogen) atoms. The monoisotopic (exact) mass is 391 g/mol. The molecule has 5 nitrogen and oxygen atoms in total. The third-order valence-corrected chi connectivity index (χ3v) is 3.42. The number of guanidine groups is 1. The number of anilines is 1. The summed E-state index contributed by atoms with van der Waals surface area (Å²) in [6.07, 6.45) is 3.75. The topological polar surface area (TPSA) is 79.9 Å². The molecule has 1 aliphatic rings. The summed E-state index contributed by atoms with van der Waals surface area (Å²) in [5, 5.41) is 13.2. The first-order valence-electron chi connectivity index (χ1n) is 6.55. The smallest absolute Gasteiger partial charge is 0.193 e. The van der Waals surface area contributed by atoms with Crippen molar-refractivity contribution in [3.05, 3.63) is 24.3 Å². The highest BCUT2D eigenvalue weighted by Crippen LogP contribution is 2.29. The van der Waals surface area contributed by atoms with Crippen LogP contribution in [0.4, 0.5) is 5.69 Å². The highest BCUT2D eigenvalue weighted by atomic mass is 127. The van der Waals surface area contributed by atoms with Gasteiger partial charge in [0, 0.05) is 11.8 Å². The number of nitrogens with two attached hydrogens (primary N) is 1. The lowest BCUT2D eigenvalue weighted by Crippen LogP contribution is -2.31. The van der Waals surface area contributed by atoms with Crippen molar-refractivity contribution in [2.75, 3.05) is 19.0 Å². The van der Waals surface area contributed by atoms with E-state index in [9.17, 15) is 5.11 Å². The van der Waals surface area contributed by atoms with E-state index in [-0.39, 0.29) is 24.0 Å². The van der Waals surface area contributed by atoms with Crippen molar-refractivity contribution < 1.29 is 9.84 Å². The van der Waals surface area contributed by atoms with Gasteiger partial charge in [0.2, 0.25) is 0 Å². The number of rotatable bonds is 4. The standard InChI is InChI=1S/C14H21N3O2.HI/c1-19-12-6-4-5-11(9-12)17-13(15)16-10-14(18)7-2-3-8-14;/h4-6,9,18H,2-3,7-8,10H2,1H3,(H3,15,16,17);1H. The zero-order chi connectivity index (χ0) is 13.7. The van der Waals surface area contributed by atoms with Crippen LogP contribution in [0.2, 0.25) is 0 Å². The number of aliphatic hydroxyl groups is 1. The van der Waals surface area contributed by atoms with Gasteiger partial charge in [0.05, 0.1) is 19.3 Å². The molecule has 0 atom stereocenters. The fourth-order valence-corrected chi connectivity index (χ4v) is 2.31. The van der Waals surface area contributed by atoms with Gasteiger partial charge in [0.1, 0.15) is 5.75 Å². The minimum atomic E-state index is -0.666. The minimum Gasteiger partial charge on any atom is -0.497 e. The van der Waals surface area contributed by atoms with E-state index in [1.807, 2.05) is 24.3 Å². The summed E-state index contributed by atoms with van der Waals surface area (Å²) in [5.41, 5.74) is 5.97. The molecule has 2 rings (SSSR count). The fourth-order valence-electron chi connectivity index (χ4n) is 2.31. The van der Waals surface area contributed by atoms with Gasteiger partial charge in [-0.3, -0.25) is 4.99 Å². The van der Waals surface area contributed by atoms with Gasteiger partial charge < -0.3 is 20.9 Å². The van der Waals surface area contributed by atoms with Crippen molar-refractivity contribution in [3.8, 4) is 5.75 Å². The van der Waals surface area contributed by atoms with Crippen LogP contribution in [0.15, 0.2) is 29.3 Å². The SMILES string of the molecule is COc1cccc(NC(N)=NCC2(O)CCCC2)c1.I. The maximum atomic E-state index is 10.2. The fraction of sp³-hybridized carbons (Fsp3) is 0.500. The third-order valence-electron chi connectivity index (χ3n) is 3.42. The van der Waals surface area contributed by atoms with Crippen LogP contribution in [0.1, 0.15) is 25.7 Å². The highest BCUT2D eigenvalue weighted by Gasteiger charge is 2.30. The largest absolute Gasteiger partial charge is 0.497 e. The molecular formula is C14H22IN3O2. The van der Waals surface area contributed by atoms with Crippen molar-refractivity contribution >= 4 is 35.6 Å². The van der Waals surface area contributed by atoms with Gasteiger partial charge in [-0.25, -0.2) is 0 Å². The van der Waals surface area contributed by atoms with E-state index in [0.29, 0.717) is 12.5 Å². The molecular weight excluding hydrogens is 369 g/mol. The summed E-state index contributed by atoms with van der Waals surface area (Å²) in [5.74, 6) is 1.07. The van der Waals surface area contributed by atoms with Crippen LogP contribution in [0, 0.1) is 0 Å². The van der Waals surface area contributed by atoms with Gasteiger partial charge in [-0.05, 0) is 25.0 Å². The van der Waals surface area contributed by atoms with E-state index in [4.69, 9.17) is 10.5 Å². The molecule has 1 aromatic rings. The van der Waals surface area contributed by atoms with Crippen LogP contribution >= 0.6 is 24.0 Å². The summed E-state index contributed by atoms with van der Waals surface area (Å²) < 4.78 is 5.13. The maximum absolute atomic E-state index is 10.2. The van der Waals surface area contributed by atoms with Crippen molar-refractivity contribution in [2.45, 2.75) is 31.3 Å². The lowest BCUT2D eigenvalue weighted by atomic mass is 10.0. The number of halogens is 1. The first-order chi connectivity index (χ1) is 9.11. The van der Waals surface area contributed by atoms with Crippen LogP contribution in [0.25, 0.3) is 0 Å². The Balaban J connectivity index is 0.00000200. The van der Waals surface area contributed by atoms with Gasteiger partial charge in [-0.15, -0.1) is 24.0 Å². The van der Waals surface area contributed by atoms with Crippen molar-refractivity contribution in [2.24, 2.45) is 10.7 Å². The zero-order valence-electron chi connectivity index (χ0n) is 11.6. The summed E-state index contributed by atoms with van der Waals surface area (Å²) in [6, 6.07) is 7.46. The number of nitrogens with zero attached hydrogens (tertiary/aromatic N) is 1.